The van der Waals surface area contributed by atoms with Crippen LogP contribution in [0, 0.1) is 12.5 Å². The van der Waals surface area contributed by atoms with E-state index >= 15 is 0 Å². The third kappa shape index (κ3) is 0.875. The molecular weight excluding hydrogens is 162 g/mol. The highest BCUT2D eigenvalue weighted by molar-refractivity contribution is 6.09. The molecule has 1 heterocycles. The summed E-state index contributed by atoms with van der Waals surface area (Å²) in [4.78, 5) is 12.8. The Kier molecular flexibility index (Phi) is 1.46. The van der Waals surface area contributed by atoms with Gasteiger partial charge in [-0.25, -0.2) is 4.90 Å². The van der Waals surface area contributed by atoms with E-state index in [0.29, 0.717) is 11.3 Å². The van der Waals surface area contributed by atoms with Crippen molar-refractivity contribution < 1.29 is 4.79 Å². The summed E-state index contributed by atoms with van der Waals surface area (Å²) in [6, 6.07) is 9.55. The molecule has 0 aliphatic carbocycles. The summed E-state index contributed by atoms with van der Waals surface area (Å²) < 4.78 is 0. The number of amides is 1. The molecule has 0 radical (unpaired) electrons. The van der Waals surface area contributed by atoms with E-state index in [0.717, 1.165) is 5.56 Å². The van der Waals surface area contributed by atoms with Crippen LogP contribution in [0.1, 0.15) is 15.9 Å². The van der Waals surface area contributed by atoms with Crippen LogP contribution in [-0.2, 0) is 0 Å². The van der Waals surface area contributed by atoms with Gasteiger partial charge in [0.05, 0.1) is 11.3 Å². The average molecular weight is 169 g/mol. The Labute approximate surface area is 76.5 Å². The number of nitrogens with zero attached hydrogens (tertiary/aromatic N) is 1. The van der Waals surface area contributed by atoms with Gasteiger partial charge in [0.25, 0.3) is 5.91 Å². The van der Waals surface area contributed by atoms with E-state index in [9.17, 15) is 4.79 Å². The Morgan fingerprint density at radius 1 is 1.31 bits per heavy atom. The van der Waals surface area contributed by atoms with Gasteiger partial charge in [-0.05, 0) is 6.07 Å². The van der Waals surface area contributed by atoms with Gasteiger partial charge in [0.15, 0.2) is 0 Å². The molecule has 62 valence electrons. The lowest BCUT2D eigenvalue weighted by Gasteiger charge is -2.05. The zero-order valence-electron chi connectivity index (χ0n) is 6.95. The first-order valence-corrected chi connectivity index (χ1v) is 3.84. The van der Waals surface area contributed by atoms with E-state index in [2.05, 4.69) is 12.6 Å². The number of hydrogen-bond acceptors (Lipinski definition) is 1. The smallest absolute Gasteiger partial charge is 0.268 e. The van der Waals surface area contributed by atoms with Gasteiger partial charge in [0.1, 0.15) is 0 Å². The number of carbonyl (C=O) groups is 1. The highest BCUT2D eigenvalue weighted by atomic mass is 16.2. The minimum atomic E-state index is -0.164. The molecule has 1 aliphatic rings. The van der Waals surface area contributed by atoms with Crippen molar-refractivity contribution in [1.82, 2.24) is 4.90 Å². The number of fused-ring (bicyclic) bond motifs is 1. The molecular formula is C11H7NO. The second-order valence-corrected chi connectivity index (χ2v) is 2.76. The number of carbonyl (C=O) groups excluding carboxylic acids is 1. The van der Waals surface area contributed by atoms with E-state index in [1.54, 1.807) is 6.07 Å². The molecule has 0 bridgehead atoms. The molecule has 13 heavy (non-hydrogen) atoms. The van der Waals surface area contributed by atoms with Crippen LogP contribution in [0.4, 0.5) is 0 Å². The van der Waals surface area contributed by atoms with Crippen molar-refractivity contribution in [2.24, 2.45) is 0 Å². The maximum absolute atomic E-state index is 11.6. The molecule has 0 unspecified atom stereocenters. The monoisotopic (exact) mass is 169 g/mol. The van der Waals surface area contributed by atoms with Crippen LogP contribution in [0.5, 0.6) is 0 Å². The van der Waals surface area contributed by atoms with Crippen molar-refractivity contribution in [2.45, 2.75) is 0 Å². The van der Waals surface area contributed by atoms with Crippen molar-refractivity contribution in [3.05, 3.63) is 42.0 Å². The maximum Gasteiger partial charge on any atom is 0.270 e. The predicted molar refractivity (Wildman–Crippen MR) is 50.5 cm³/mol. The molecule has 0 aromatic heterocycles. The predicted octanol–water partition coefficient (Wildman–Crippen LogP) is 1.70. The normalized spacial score (nSPS) is 14.2. The number of benzene rings is 1. The second-order valence-electron chi connectivity index (χ2n) is 2.76. The van der Waals surface area contributed by atoms with Gasteiger partial charge in [-0.1, -0.05) is 31.2 Å². The zero-order chi connectivity index (χ0) is 9.42. The van der Waals surface area contributed by atoms with Crippen LogP contribution < -0.4 is 0 Å². The summed E-state index contributed by atoms with van der Waals surface area (Å²) in [6.07, 6.45) is 5.19. The third-order valence-electron chi connectivity index (χ3n) is 2.07. The summed E-state index contributed by atoms with van der Waals surface area (Å²) in [5, 5.41) is 0. The van der Waals surface area contributed by atoms with Crippen LogP contribution in [0.2, 0.25) is 0 Å². The van der Waals surface area contributed by atoms with Crippen LogP contribution in [0.3, 0.4) is 0 Å². The quantitative estimate of drug-likeness (QED) is 0.541. The molecule has 0 fully saturated rings. The molecule has 1 aromatic carbocycles. The fourth-order valence-electron chi connectivity index (χ4n) is 1.42. The second kappa shape index (κ2) is 2.49. The first-order valence-electron chi connectivity index (χ1n) is 3.84. The summed E-state index contributed by atoms with van der Waals surface area (Å²) in [5.74, 6) is -0.164. The van der Waals surface area contributed by atoms with Gasteiger partial charge in [-0.3, -0.25) is 4.79 Å². The lowest BCUT2D eigenvalue weighted by atomic mass is 10.1. The molecule has 2 rings (SSSR count). The van der Waals surface area contributed by atoms with Crippen LogP contribution in [-0.4, -0.2) is 10.8 Å². The molecule has 2 nitrogen and oxygen atoms in total. The van der Waals surface area contributed by atoms with E-state index in [4.69, 9.17) is 6.42 Å². The average Bonchev–Trinajstić information content (AvgIpc) is 2.41. The molecule has 1 aliphatic heterocycles. The maximum atomic E-state index is 11.6. The lowest BCUT2D eigenvalue weighted by molar-refractivity contribution is 0.0900. The van der Waals surface area contributed by atoms with Crippen LogP contribution >= 0.6 is 0 Å². The summed E-state index contributed by atoms with van der Waals surface area (Å²) in [7, 11) is 0. The Morgan fingerprint density at radius 3 is 2.46 bits per heavy atom. The largest absolute Gasteiger partial charge is 0.270 e. The van der Waals surface area contributed by atoms with Crippen molar-refractivity contribution >= 4 is 11.6 Å². The van der Waals surface area contributed by atoms with E-state index in [1.165, 1.54) is 4.90 Å². The zero-order valence-corrected chi connectivity index (χ0v) is 6.95. The van der Waals surface area contributed by atoms with Gasteiger partial charge in [0, 0.05) is 11.6 Å². The number of rotatable bonds is 0. The van der Waals surface area contributed by atoms with Gasteiger partial charge in [0.2, 0.25) is 0 Å². The Bertz CT molecular complexity index is 405. The van der Waals surface area contributed by atoms with Crippen molar-refractivity contribution in [2.75, 3.05) is 0 Å². The van der Waals surface area contributed by atoms with Crippen LogP contribution in [0.25, 0.3) is 5.70 Å². The van der Waals surface area contributed by atoms with Gasteiger partial charge in [-0.2, -0.15) is 0 Å². The third-order valence-corrected chi connectivity index (χ3v) is 2.07. The highest BCUT2D eigenvalue weighted by Gasteiger charge is 2.29. The highest BCUT2D eigenvalue weighted by Crippen LogP contribution is 2.29. The fourth-order valence-corrected chi connectivity index (χ4v) is 1.42. The topological polar surface area (TPSA) is 20.3 Å². The van der Waals surface area contributed by atoms with Gasteiger partial charge in [-0.15, -0.1) is 0 Å². The molecule has 0 spiro atoms. The molecule has 1 amide bonds. The Morgan fingerprint density at radius 2 is 1.92 bits per heavy atom. The first-order chi connectivity index (χ1) is 6.25. The van der Waals surface area contributed by atoms with E-state index in [1.807, 2.05) is 18.2 Å². The van der Waals surface area contributed by atoms with Gasteiger partial charge < -0.3 is 0 Å². The molecule has 0 saturated carbocycles. The molecule has 0 N–H and O–H groups in total. The summed E-state index contributed by atoms with van der Waals surface area (Å²) in [6.45, 7) is 3.76. The molecule has 0 saturated heterocycles. The van der Waals surface area contributed by atoms with Crippen molar-refractivity contribution in [3.8, 4) is 12.5 Å². The van der Waals surface area contributed by atoms with E-state index < -0.39 is 0 Å². The molecule has 1 aromatic rings. The minimum Gasteiger partial charge on any atom is -0.268 e. The SMILES string of the molecule is C#CN1C(=C)c2ccccc2C1=O. The van der Waals surface area contributed by atoms with Crippen molar-refractivity contribution in [1.29, 1.82) is 0 Å². The number of hydrogen-bond donors (Lipinski definition) is 0. The molecule has 0 atom stereocenters. The Balaban J connectivity index is 2.65. The van der Waals surface area contributed by atoms with Gasteiger partial charge >= 0.3 is 0 Å². The van der Waals surface area contributed by atoms with Crippen molar-refractivity contribution in [3.63, 3.8) is 0 Å². The fraction of sp³-hybridized carbons (Fsp3) is 0. The Hall–Kier alpha value is -2.01. The first kappa shape index (κ1) is 7.63. The number of terminal acetylenes is 1. The van der Waals surface area contributed by atoms with E-state index in [-0.39, 0.29) is 5.91 Å². The molecule has 2 heteroatoms. The minimum absolute atomic E-state index is 0.164. The van der Waals surface area contributed by atoms with Crippen LogP contribution in [0.15, 0.2) is 30.8 Å². The summed E-state index contributed by atoms with van der Waals surface area (Å²) in [5.41, 5.74) is 2.04. The standard InChI is InChI=1S/C11H7NO/c1-3-12-8(2)9-6-4-5-7-10(9)11(12)13/h1,4-7H,2H2. The lowest BCUT2D eigenvalue weighted by Crippen LogP contribution is -2.15. The summed E-state index contributed by atoms with van der Waals surface area (Å²) >= 11 is 0.